The van der Waals surface area contributed by atoms with Crippen LogP contribution in [-0.2, 0) is 4.57 Å². The van der Waals surface area contributed by atoms with Crippen LogP contribution in [0.2, 0.25) is 0 Å². The van der Waals surface area contributed by atoms with Gasteiger partial charge in [0.15, 0.2) is 0 Å². The van der Waals surface area contributed by atoms with E-state index in [0.29, 0.717) is 5.92 Å². The normalized spacial score (nSPS) is 42.7. The van der Waals surface area contributed by atoms with E-state index in [2.05, 4.69) is 32.1 Å². The second-order valence-electron chi connectivity index (χ2n) is 4.20. The maximum atomic E-state index is 12.2. The van der Waals surface area contributed by atoms with Crippen LogP contribution >= 0.6 is 7.14 Å². The van der Waals surface area contributed by atoms with E-state index in [0.717, 1.165) is 0 Å². The number of fused-ring (bicyclic) bond motifs is 1. The Morgan fingerprint density at radius 1 is 1.31 bits per heavy atom. The van der Waals surface area contributed by atoms with Crippen molar-refractivity contribution in [3.8, 4) is 0 Å². The van der Waals surface area contributed by atoms with Gasteiger partial charge in [-0.25, -0.2) is 0 Å². The summed E-state index contributed by atoms with van der Waals surface area (Å²) in [6.07, 6.45) is 6.34. The summed E-state index contributed by atoms with van der Waals surface area (Å²) >= 11 is 0. The average Bonchev–Trinajstić information content (AvgIpc) is 2.24. The summed E-state index contributed by atoms with van der Waals surface area (Å²) in [5, 5.41) is 0. The molecule has 0 N–H and O–H groups in total. The van der Waals surface area contributed by atoms with E-state index in [1.165, 1.54) is 11.1 Å². The molecule has 2 aliphatic rings. The average molecular weight is 194 g/mol. The van der Waals surface area contributed by atoms with Gasteiger partial charge in [-0.2, -0.15) is 0 Å². The van der Waals surface area contributed by atoms with Crippen LogP contribution in [0.25, 0.3) is 0 Å². The van der Waals surface area contributed by atoms with Gasteiger partial charge in [0.1, 0.15) is 7.14 Å². The van der Waals surface area contributed by atoms with E-state index in [4.69, 9.17) is 0 Å². The number of rotatable bonds is 0. The predicted octanol–water partition coefficient (Wildman–Crippen LogP) is 3.40. The lowest BCUT2D eigenvalue weighted by molar-refractivity contribution is 0.574. The summed E-state index contributed by atoms with van der Waals surface area (Å²) in [4.78, 5) is 0. The van der Waals surface area contributed by atoms with Gasteiger partial charge in [-0.1, -0.05) is 29.4 Å². The first-order valence-corrected chi connectivity index (χ1v) is 6.93. The molecule has 0 spiro atoms. The van der Waals surface area contributed by atoms with E-state index in [1.807, 2.05) is 12.5 Å². The van der Waals surface area contributed by atoms with Gasteiger partial charge in [0.05, 0.1) is 0 Å². The van der Waals surface area contributed by atoms with Gasteiger partial charge in [0, 0.05) is 11.6 Å². The van der Waals surface area contributed by atoms with Crippen LogP contribution in [0, 0.1) is 5.92 Å². The van der Waals surface area contributed by atoms with E-state index in [-0.39, 0.29) is 5.66 Å². The minimum atomic E-state index is -2.07. The first kappa shape index (κ1) is 9.02. The monoisotopic (exact) mass is 194 g/mol. The van der Waals surface area contributed by atoms with Crippen molar-refractivity contribution in [3.63, 3.8) is 0 Å². The summed E-state index contributed by atoms with van der Waals surface area (Å²) in [6, 6.07) is 0. The molecule has 0 radical (unpaired) electrons. The molecule has 1 nitrogen and oxygen atoms in total. The fourth-order valence-electron chi connectivity index (χ4n) is 2.51. The molecule has 0 aromatic heterocycles. The molecule has 0 amide bonds. The molecule has 1 heterocycles. The van der Waals surface area contributed by atoms with Gasteiger partial charge in [-0.05, 0) is 26.3 Å². The molecule has 13 heavy (non-hydrogen) atoms. The second-order valence-corrected chi connectivity index (χ2v) is 7.13. The Kier molecular flexibility index (Phi) is 1.89. The van der Waals surface area contributed by atoms with Crippen LogP contribution in [0.1, 0.15) is 13.8 Å². The van der Waals surface area contributed by atoms with Crippen molar-refractivity contribution in [2.24, 2.45) is 5.92 Å². The standard InChI is InChI=1S/C11H15OP/c1-8-5-4-6-10-9(2)7-13(3,12)11(8)10/h4-7,10-11H,1-3H3/t10-,11-,13-/m1/s1. The second kappa shape index (κ2) is 2.72. The maximum absolute atomic E-state index is 12.2. The van der Waals surface area contributed by atoms with Crippen molar-refractivity contribution in [1.29, 1.82) is 0 Å². The highest BCUT2D eigenvalue weighted by Crippen LogP contribution is 2.62. The summed E-state index contributed by atoms with van der Waals surface area (Å²) in [5.41, 5.74) is 2.81. The topological polar surface area (TPSA) is 17.1 Å². The minimum absolute atomic E-state index is 0.262. The van der Waals surface area contributed by atoms with Gasteiger partial charge < -0.3 is 4.57 Å². The smallest absolute Gasteiger partial charge is 0.113 e. The Labute approximate surface area is 79.6 Å². The first-order chi connectivity index (χ1) is 6.02. The highest BCUT2D eigenvalue weighted by Gasteiger charge is 2.40. The van der Waals surface area contributed by atoms with Gasteiger partial charge in [0.25, 0.3) is 0 Å². The molecule has 1 aliphatic carbocycles. The molecular weight excluding hydrogens is 179 g/mol. The van der Waals surface area contributed by atoms with Crippen LogP contribution in [0.5, 0.6) is 0 Å². The molecule has 0 aromatic rings. The number of allylic oxidation sites excluding steroid dienone is 5. The summed E-state index contributed by atoms with van der Waals surface area (Å²) in [6.45, 7) is 6.07. The van der Waals surface area contributed by atoms with Gasteiger partial charge >= 0.3 is 0 Å². The van der Waals surface area contributed by atoms with Gasteiger partial charge in [0.2, 0.25) is 0 Å². The van der Waals surface area contributed by atoms with Gasteiger partial charge in [-0.3, -0.25) is 0 Å². The predicted molar refractivity (Wildman–Crippen MR) is 57.5 cm³/mol. The van der Waals surface area contributed by atoms with Crippen LogP contribution in [0.15, 0.2) is 35.2 Å². The molecule has 0 unspecified atom stereocenters. The molecule has 0 bridgehead atoms. The number of hydrogen-bond acceptors (Lipinski definition) is 1. The minimum Gasteiger partial charge on any atom is -0.319 e. The lowest BCUT2D eigenvalue weighted by atomic mass is 9.90. The highest BCUT2D eigenvalue weighted by molar-refractivity contribution is 7.67. The third-order valence-corrected chi connectivity index (χ3v) is 5.78. The molecule has 0 saturated carbocycles. The fraction of sp³-hybridized carbons (Fsp3) is 0.455. The van der Waals surface area contributed by atoms with Crippen molar-refractivity contribution in [1.82, 2.24) is 0 Å². The van der Waals surface area contributed by atoms with Crippen LogP contribution in [0.4, 0.5) is 0 Å². The molecule has 0 fully saturated rings. The zero-order chi connectivity index (χ0) is 9.64. The lowest BCUT2D eigenvalue weighted by Crippen LogP contribution is -2.18. The third kappa shape index (κ3) is 1.26. The van der Waals surface area contributed by atoms with Crippen molar-refractivity contribution in [2.45, 2.75) is 19.5 Å². The Morgan fingerprint density at radius 2 is 2.00 bits per heavy atom. The molecular formula is C11H15OP. The van der Waals surface area contributed by atoms with E-state index >= 15 is 0 Å². The highest BCUT2D eigenvalue weighted by atomic mass is 31.2. The molecule has 70 valence electrons. The van der Waals surface area contributed by atoms with Crippen LogP contribution in [0.3, 0.4) is 0 Å². The van der Waals surface area contributed by atoms with Gasteiger partial charge in [-0.15, -0.1) is 0 Å². The van der Waals surface area contributed by atoms with E-state index < -0.39 is 7.14 Å². The first-order valence-electron chi connectivity index (χ1n) is 4.63. The SMILES string of the molecule is CC1=C[P@@](C)(=O)[C@@H]2C(C)=CC=C[C@H]12. The van der Waals surface area contributed by atoms with E-state index in [9.17, 15) is 4.57 Å². The van der Waals surface area contributed by atoms with Crippen LogP contribution in [-0.4, -0.2) is 12.3 Å². The lowest BCUT2D eigenvalue weighted by Gasteiger charge is -2.25. The zero-order valence-corrected chi connectivity index (χ0v) is 9.21. The molecule has 1 aliphatic heterocycles. The van der Waals surface area contributed by atoms with E-state index in [1.54, 1.807) is 0 Å². The molecule has 3 atom stereocenters. The molecule has 0 saturated heterocycles. The van der Waals surface area contributed by atoms with Crippen molar-refractivity contribution in [2.75, 3.05) is 6.66 Å². The molecule has 2 rings (SSSR count). The zero-order valence-electron chi connectivity index (χ0n) is 8.32. The van der Waals surface area contributed by atoms with Crippen LogP contribution < -0.4 is 0 Å². The van der Waals surface area contributed by atoms with Crippen molar-refractivity contribution < 1.29 is 4.57 Å². The maximum Gasteiger partial charge on any atom is 0.113 e. The number of hydrogen-bond donors (Lipinski definition) is 0. The Hall–Kier alpha value is -0.550. The third-order valence-electron chi connectivity index (χ3n) is 3.02. The molecule has 2 heteroatoms. The summed E-state index contributed by atoms with van der Waals surface area (Å²) in [5.74, 6) is 2.40. The van der Waals surface area contributed by atoms with Crippen molar-refractivity contribution in [3.05, 3.63) is 35.2 Å². The fourth-order valence-corrected chi connectivity index (χ4v) is 5.52. The Bertz CT molecular complexity index is 374. The largest absolute Gasteiger partial charge is 0.319 e. The Balaban J connectivity index is 2.50. The summed E-state index contributed by atoms with van der Waals surface area (Å²) in [7, 11) is -2.07. The molecule has 0 aromatic carbocycles. The Morgan fingerprint density at radius 3 is 2.62 bits per heavy atom. The van der Waals surface area contributed by atoms with Crippen molar-refractivity contribution >= 4 is 7.14 Å². The quantitative estimate of drug-likeness (QED) is 0.540. The summed E-state index contributed by atoms with van der Waals surface area (Å²) < 4.78 is 12.2.